The predicted molar refractivity (Wildman–Crippen MR) is 64.9 cm³/mol. The van der Waals surface area contributed by atoms with E-state index in [4.69, 9.17) is 15.2 Å². The Labute approximate surface area is 97.5 Å². The van der Waals surface area contributed by atoms with Crippen LogP contribution in [-0.2, 0) is 9.47 Å². The van der Waals surface area contributed by atoms with Gasteiger partial charge in [0.15, 0.2) is 0 Å². The normalized spacial score (nSPS) is 21.8. The summed E-state index contributed by atoms with van der Waals surface area (Å²) in [5, 5.41) is 3.30. The fraction of sp³-hybridized carbons (Fsp3) is 0.667. The predicted octanol–water partition coefficient (Wildman–Crippen LogP) is 1.15. The van der Waals surface area contributed by atoms with Crippen LogP contribution in [0.25, 0.3) is 0 Å². The molecule has 1 rings (SSSR count). The maximum absolute atomic E-state index is 5.58. The molecule has 0 radical (unpaired) electrons. The van der Waals surface area contributed by atoms with Gasteiger partial charge >= 0.3 is 0 Å². The minimum absolute atomic E-state index is 0.331. The van der Waals surface area contributed by atoms with Crippen LogP contribution in [0.1, 0.15) is 19.8 Å². The molecule has 0 unspecified atom stereocenters. The SMILES string of the molecule is C=C(/C=C(/C)N)OCCC[C@H]1CNCCO1. The van der Waals surface area contributed by atoms with Crippen molar-refractivity contribution < 1.29 is 9.47 Å². The average Bonchev–Trinajstić information content (AvgIpc) is 2.25. The molecule has 16 heavy (non-hydrogen) atoms. The van der Waals surface area contributed by atoms with Crippen LogP contribution in [0.4, 0.5) is 0 Å². The molecular weight excluding hydrogens is 204 g/mol. The van der Waals surface area contributed by atoms with Gasteiger partial charge in [0.2, 0.25) is 0 Å². The summed E-state index contributed by atoms with van der Waals surface area (Å²) in [4.78, 5) is 0. The molecule has 0 spiro atoms. The third kappa shape index (κ3) is 5.78. The Morgan fingerprint density at radius 2 is 2.50 bits per heavy atom. The van der Waals surface area contributed by atoms with Crippen molar-refractivity contribution in [2.45, 2.75) is 25.9 Å². The van der Waals surface area contributed by atoms with Gasteiger partial charge in [-0.25, -0.2) is 0 Å². The van der Waals surface area contributed by atoms with E-state index < -0.39 is 0 Å². The van der Waals surface area contributed by atoms with Gasteiger partial charge < -0.3 is 20.5 Å². The van der Waals surface area contributed by atoms with E-state index in [0.29, 0.717) is 24.2 Å². The number of morpholine rings is 1. The highest BCUT2D eigenvalue weighted by molar-refractivity contribution is 5.11. The van der Waals surface area contributed by atoms with Crippen LogP contribution >= 0.6 is 0 Å². The molecule has 0 aromatic carbocycles. The van der Waals surface area contributed by atoms with E-state index >= 15 is 0 Å². The lowest BCUT2D eigenvalue weighted by Gasteiger charge is -2.23. The van der Waals surface area contributed by atoms with Gasteiger partial charge in [-0.2, -0.15) is 0 Å². The van der Waals surface area contributed by atoms with Gasteiger partial charge in [-0.3, -0.25) is 0 Å². The fourth-order valence-electron chi connectivity index (χ4n) is 1.61. The average molecular weight is 226 g/mol. The molecule has 1 fully saturated rings. The van der Waals surface area contributed by atoms with E-state index in [1.54, 1.807) is 6.08 Å². The third-order valence-corrected chi connectivity index (χ3v) is 2.35. The lowest BCUT2D eigenvalue weighted by Crippen LogP contribution is -2.38. The van der Waals surface area contributed by atoms with E-state index in [2.05, 4.69) is 11.9 Å². The Balaban J connectivity index is 2.02. The Bertz CT molecular complexity index is 241. The van der Waals surface area contributed by atoms with Crippen LogP contribution in [-0.4, -0.2) is 32.4 Å². The molecule has 4 nitrogen and oxygen atoms in total. The zero-order chi connectivity index (χ0) is 11.8. The number of hydrogen-bond donors (Lipinski definition) is 2. The van der Waals surface area contributed by atoms with Gasteiger partial charge in [-0.15, -0.1) is 0 Å². The number of nitrogens with one attached hydrogen (secondary N) is 1. The summed E-state index contributed by atoms with van der Waals surface area (Å²) in [5.41, 5.74) is 6.22. The molecule has 0 aliphatic carbocycles. The maximum Gasteiger partial charge on any atom is 0.113 e. The summed E-state index contributed by atoms with van der Waals surface area (Å²) < 4.78 is 11.0. The summed E-state index contributed by atoms with van der Waals surface area (Å²) in [6, 6.07) is 0. The molecule has 3 N–H and O–H groups in total. The molecule has 92 valence electrons. The number of allylic oxidation sites excluding steroid dienone is 2. The molecule has 1 atom stereocenters. The number of nitrogens with two attached hydrogens (primary N) is 1. The summed E-state index contributed by atoms with van der Waals surface area (Å²) in [5.74, 6) is 0.627. The van der Waals surface area contributed by atoms with Crippen molar-refractivity contribution in [1.82, 2.24) is 5.32 Å². The van der Waals surface area contributed by atoms with Gasteiger partial charge in [-0.1, -0.05) is 6.58 Å². The Hall–Kier alpha value is -1.00. The van der Waals surface area contributed by atoms with Crippen molar-refractivity contribution in [2.75, 3.05) is 26.3 Å². The van der Waals surface area contributed by atoms with Crippen LogP contribution in [0.15, 0.2) is 24.1 Å². The molecular formula is C12H22N2O2. The zero-order valence-electron chi connectivity index (χ0n) is 10.00. The molecule has 1 saturated heterocycles. The zero-order valence-corrected chi connectivity index (χ0v) is 10.00. The maximum atomic E-state index is 5.58. The summed E-state index contributed by atoms with van der Waals surface area (Å²) in [6.07, 6.45) is 4.06. The Morgan fingerprint density at radius 1 is 1.69 bits per heavy atom. The molecule has 1 aliphatic heterocycles. The summed E-state index contributed by atoms with van der Waals surface area (Å²) in [6.45, 7) is 8.96. The van der Waals surface area contributed by atoms with Crippen molar-refractivity contribution in [3.05, 3.63) is 24.1 Å². The van der Waals surface area contributed by atoms with Crippen LogP contribution in [0.5, 0.6) is 0 Å². The first-order chi connectivity index (χ1) is 7.68. The third-order valence-electron chi connectivity index (χ3n) is 2.35. The highest BCUT2D eigenvalue weighted by atomic mass is 16.5. The second kappa shape index (κ2) is 7.30. The molecule has 0 aromatic heterocycles. The van der Waals surface area contributed by atoms with E-state index in [1.165, 1.54) is 0 Å². The first-order valence-corrected chi connectivity index (χ1v) is 5.76. The minimum atomic E-state index is 0.331. The van der Waals surface area contributed by atoms with Gasteiger partial charge in [-0.05, 0) is 25.8 Å². The second-order valence-electron chi connectivity index (χ2n) is 4.04. The number of hydrogen-bond acceptors (Lipinski definition) is 4. The van der Waals surface area contributed by atoms with E-state index in [1.807, 2.05) is 6.92 Å². The molecule has 0 saturated carbocycles. The largest absolute Gasteiger partial charge is 0.494 e. The van der Waals surface area contributed by atoms with Crippen LogP contribution in [0.3, 0.4) is 0 Å². The van der Waals surface area contributed by atoms with Gasteiger partial charge in [0, 0.05) is 18.8 Å². The molecule has 0 aromatic rings. The van der Waals surface area contributed by atoms with Gasteiger partial charge in [0.25, 0.3) is 0 Å². The van der Waals surface area contributed by atoms with E-state index in [0.717, 1.165) is 32.5 Å². The highest BCUT2D eigenvalue weighted by Crippen LogP contribution is 2.06. The summed E-state index contributed by atoms with van der Waals surface area (Å²) >= 11 is 0. The quantitative estimate of drug-likeness (QED) is 0.405. The number of ether oxygens (including phenoxy) is 2. The molecule has 4 heteroatoms. The standard InChI is InChI=1S/C12H22N2O2/c1-10(13)8-11(2)15-6-3-4-12-9-14-5-7-16-12/h8,12,14H,2-7,9,13H2,1H3/b10-8-/t12-/m0/s1. The fourth-order valence-corrected chi connectivity index (χ4v) is 1.61. The molecule has 1 heterocycles. The summed E-state index contributed by atoms with van der Waals surface area (Å²) in [7, 11) is 0. The topological polar surface area (TPSA) is 56.5 Å². The van der Waals surface area contributed by atoms with Crippen molar-refractivity contribution in [1.29, 1.82) is 0 Å². The van der Waals surface area contributed by atoms with Crippen LogP contribution < -0.4 is 11.1 Å². The lowest BCUT2D eigenvalue weighted by atomic mass is 10.2. The molecule has 1 aliphatic rings. The first kappa shape index (κ1) is 13.1. The molecule has 0 bridgehead atoms. The van der Waals surface area contributed by atoms with Crippen LogP contribution in [0.2, 0.25) is 0 Å². The molecule has 0 amide bonds. The van der Waals surface area contributed by atoms with Gasteiger partial charge in [0.1, 0.15) is 5.76 Å². The minimum Gasteiger partial charge on any atom is -0.494 e. The Morgan fingerprint density at radius 3 is 3.12 bits per heavy atom. The van der Waals surface area contributed by atoms with Crippen LogP contribution in [0, 0.1) is 0 Å². The first-order valence-electron chi connectivity index (χ1n) is 5.76. The second-order valence-corrected chi connectivity index (χ2v) is 4.04. The smallest absolute Gasteiger partial charge is 0.113 e. The van der Waals surface area contributed by atoms with Crippen molar-refractivity contribution in [2.24, 2.45) is 5.73 Å². The van der Waals surface area contributed by atoms with Gasteiger partial charge in [0.05, 0.1) is 19.3 Å². The van der Waals surface area contributed by atoms with Crippen molar-refractivity contribution >= 4 is 0 Å². The lowest BCUT2D eigenvalue weighted by molar-refractivity contribution is 0.0190. The number of rotatable bonds is 6. The Kier molecular flexibility index (Phi) is 5.96. The highest BCUT2D eigenvalue weighted by Gasteiger charge is 2.12. The van der Waals surface area contributed by atoms with E-state index in [9.17, 15) is 0 Å². The monoisotopic (exact) mass is 226 g/mol. The van der Waals surface area contributed by atoms with Crippen molar-refractivity contribution in [3.8, 4) is 0 Å². The van der Waals surface area contributed by atoms with Crippen molar-refractivity contribution in [3.63, 3.8) is 0 Å². The van der Waals surface area contributed by atoms with E-state index in [-0.39, 0.29) is 0 Å².